The van der Waals surface area contributed by atoms with Gasteiger partial charge in [-0.3, -0.25) is 4.79 Å². The van der Waals surface area contributed by atoms with Gasteiger partial charge in [0.2, 0.25) is 0 Å². The Labute approximate surface area is 176 Å². The number of halogens is 1. The van der Waals surface area contributed by atoms with Crippen molar-refractivity contribution in [2.45, 2.75) is 83.3 Å². The average Bonchev–Trinajstić information content (AvgIpc) is 2.97. The van der Waals surface area contributed by atoms with Crippen LogP contribution in [0.3, 0.4) is 0 Å². The molecule has 0 aromatic heterocycles. The van der Waals surface area contributed by atoms with E-state index in [0.29, 0.717) is 18.7 Å². The van der Waals surface area contributed by atoms with E-state index in [4.69, 9.17) is 11.6 Å². The van der Waals surface area contributed by atoms with Crippen molar-refractivity contribution in [3.8, 4) is 0 Å². The monoisotopic (exact) mass is 414 g/mol. The molecule has 1 rings (SSSR count). The second-order valence-electron chi connectivity index (χ2n) is 8.31. The molecule has 1 fully saturated rings. The lowest BCUT2D eigenvalue weighted by molar-refractivity contribution is -0.140. The summed E-state index contributed by atoms with van der Waals surface area (Å²) < 4.78 is 4.64. The highest BCUT2D eigenvalue weighted by molar-refractivity contribution is 6.18. The van der Waals surface area contributed by atoms with Gasteiger partial charge in [0, 0.05) is 12.3 Å². The highest BCUT2D eigenvalue weighted by atomic mass is 35.5. The SMILES string of the molecule is CCCCCC(C)(O)/C=C/[C@H]1[C@H](CCl)C[C@H](O)[C@@H]1C/C=C\CCCC(=O)OC. The fourth-order valence-corrected chi connectivity index (χ4v) is 4.33. The number of ether oxygens (including phenoxy) is 1. The van der Waals surface area contributed by atoms with Crippen LogP contribution >= 0.6 is 11.6 Å². The van der Waals surface area contributed by atoms with E-state index in [1.54, 1.807) is 0 Å². The number of unbranched alkanes of at least 4 members (excludes halogenated alkanes) is 3. The van der Waals surface area contributed by atoms with Gasteiger partial charge in [-0.2, -0.15) is 0 Å². The zero-order valence-electron chi connectivity index (χ0n) is 17.8. The summed E-state index contributed by atoms with van der Waals surface area (Å²) in [6, 6.07) is 0. The molecule has 5 heteroatoms. The summed E-state index contributed by atoms with van der Waals surface area (Å²) in [6.45, 7) is 4.01. The summed E-state index contributed by atoms with van der Waals surface area (Å²) in [4.78, 5) is 11.1. The summed E-state index contributed by atoms with van der Waals surface area (Å²) in [5.74, 6) is 0.856. The molecule has 0 heterocycles. The molecular formula is C23H39ClO4. The van der Waals surface area contributed by atoms with Gasteiger partial charge >= 0.3 is 5.97 Å². The predicted octanol–water partition coefficient (Wildman–Crippen LogP) is 5.02. The van der Waals surface area contributed by atoms with Crippen LogP contribution in [0.1, 0.15) is 71.6 Å². The number of carbonyl (C=O) groups excluding carboxylic acids is 1. The van der Waals surface area contributed by atoms with Crippen molar-refractivity contribution in [1.82, 2.24) is 0 Å². The largest absolute Gasteiger partial charge is 0.469 e. The first-order valence-electron chi connectivity index (χ1n) is 10.7. The Balaban J connectivity index is 2.62. The zero-order chi connectivity index (χ0) is 21.0. The minimum atomic E-state index is -0.812. The molecule has 1 aliphatic carbocycles. The molecular weight excluding hydrogens is 376 g/mol. The maximum absolute atomic E-state index is 11.1. The van der Waals surface area contributed by atoms with E-state index in [0.717, 1.165) is 44.9 Å². The third-order valence-electron chi connectivity index (χ3n) is 5.79. The molecule has 162 valence electrons. The average molecular weight is 415 g/mol. The minimum absolute atomic E-state index is 0.114. The summed E-state index contributed by atoms with van der Waals surface area (Å²) in [7, 11) is 1.40. The molecule has 0 radical (unpaired) electrons. The molecule has 2 N–H and O–H groups in total. The number of aliphatic hydroxyl groups excluding tert-OH is 1. The van der Waals surface area contributed by atoms with Gasteiger partial charge in [-0.1, -0.05) is 50.5 Å². The van der Waals surface area contributed by atoms with E-state index < -0.39 is 5.60 Å². The van der Waals surface area contributed by atoms with Crippen molar-refractivity contribution in [3.63, 3.8) is 0 Å². The van der Waals surface area contributed by atoms with Gasteiger partial charge in [-0.25, -0.2) is 0 Å². The Morgan fingerprint density at radius 1 is 1.29 bits per heavy atom. The topological polar surface area (TPSA) is 66.8 Å². The van der Waals surface area contributed by atoms with Crippen LogP contribution in [0, 0.1) is 17.8 Å². The van der Waals surface area contributed by atoms with Crippen molar-refractivity contribution < 1.29 is 19.7 Å². The number of allylic oxidation sites excluding steroid dienone is 3. The van der Waals surface area contributed by atoms with Crippen LogP contribution in [0.2, 0.25) is 0 Å². The van der Waals surface area contributed by atoms with Crippen molar-refractivity contribution >= 4 is 17.6 Å². The smallest absolute Gasteiger partial charge is 0.305 e. The molecule has 5 atom stereocenters. The Kier molecular flexibility index (Phi) is 12.1. The van der Waals surface area contributed by atoms with Gasteiger partial charge in [-0.15, -0.1) is 11.6 Å². The number of alkyl halides is 1. The highest BCUT2D eigenvalue weighted by Crippen LogP contribution is 2.41. The Hall–Kier alpha value is -0.840. The Morgan fingerprint density at radius 2 is 2.04 bits per heavy atom. The standard InChI is InChI=1S/C23H39ClO4/c1-4-5-10-14-23(2,27)15-13-19-18(17-24)16-21(25)20(19)11-8-6-7-9-12-22(26)28-3/h6,8,13,15,18-21,25,27H,4-5,7,9-12,14,16-17H2,1-3H3/b8-6-,15-13+/t18-,19-,20+,21-,23?/m0/s1. The summed E-state index contributed by atoms with van der Waals surface area (Å²) in [5, 5.41) is 21.1. The molecule has 0 amide bonds. The van der Waals surface area contributed by atoms with Crippen molar-refractivity contribution in [1.29, 1.82) is 0 Å². The number of hydrogen-bond acceptors (Lipinski definition) is 4. The third kappa shape index (κ3) is 9.11. The van der Waals surface area contributed by atoms with Crippen LogP contribution in [0.25, 0.3) is 0 Å². The Bertz CT molecular complexity index is 501. The zero-order valence-corrected chi connectivity index (χ0v) is 18.5. The number of aliphatic hydroxyl groups is 2. The van der Waals surface area contributed by atoms with Crippen LogP contribution in [0.5, 0.6) is 0 Å². The van der Waals surface area contributed by atoms with Crippen LogP contribution in [-0.2, 0) is 9.53 Å². The second-order valence-corrected chi connectivity index (χ2v) is 8.62. The first-order chi connectivity index (χ1) is 13.3. The molecule has 0 spiro atoms. The molecule has 1 saturated carbocycles. The van der Waals surface area contributed by atoms with Crippen LogP contribution in [-0.4, -0.2) is 40.9 Å². The number of esters is 1. The number of rotatable bonds is 13. The van der Waals surface area contributed by atoms with E-state index in [2.05, 4.69) is 29.9 Å². The van der Waals surface area contributed by atoms with Crippen LogP contribution in [0.4, 0.5) is 0 Å². The highest BCUT2D eigenvalue weighted by Gasteiger charge is 2.40. The van der Waals surface area contributed by atoms with Gasteiger partial charge in [0.25, 0.3) is 0 Å². The van der Waals surface area contributed by atoms with Gasteiger partial charge in [-0.05, 0) is 56.8 Å². The van der Waals surface area contributed by atoms with E-state index in [9.17, 15) is 15.0 Å². The molecule has 0 aliphatic heterocycles. The van der Waals surface area contributed by atoms with Crippen molar-refractivity contribution in [2.75, 3.05) is 13.0 Å². The minimum Gasteiger partial charge on any atom is -0.469 e. The lowest BCUT2D eigenvalue weighted by Gasteiger charge is -2.24. The molecule has 0 aromatic carbocycles. The number of methoxy groups -OCH3 is 1. The molecule has 0 saturated heterocycles. The number of hydrogen-bond donors (Lipinski definition) is 2. The first-order valence-corrected chi connectivity index (χ1v) is 11.3. The lowest BCUT2D eigenvalue weighted by Crippen LogP contribution is -2.23. The third-order valence-corrected chi connectivity index (χ3v) is 6.19. The lowest BCUT2D eigenvalue weighted by atomic mass is 9.85. The maximum Gasteiger partial charge on any atom is 0.305 e. The van der Waals surface area contributed by atoms with Gasteiger partial charge < -0.3 is 14.9 Å². The normalized spacial score (nSPS) is 27.5. The summed E-state index contributed by atoms with van der Waals surface area (Å²) >= 11 is 6.16. The maximum atomic E-state index is 11.1. The van der Waals surface area contributed by atoms with Gasteiger partial charge in [0.15, 0.2) is 0 Å². The van der Waals surface area contributed by atoms with E-state index in [1.165, 1.54) is 7.11 Å². The number of carbonyl (C=O) groups is 1. The molecule has 1 unspecified atom stereocenters. The molecule has 1 aliphatic rings. The molecule has 0 bridgehead atoms. The van der Waals surface area contributed by atoms with Crippen LogP contribution < -0.4 is 0 Å². The quantitative estimate of drug-likeness (QED) is 0.192. The molecule has 0 aromatic rings. The summed E-state index contributed by atoms with van der Waals surface area (Å²) in [6.07, 6.45) is 15.3. The fourth-order valence-electron chi connectivity index (χ4n) is 4.00. The van der Waals surface area contributed by atoms with Crippen molar-refractivity contribution in [2.24, 2.45) is 17.8 Å². The first kappa shape index (κ1) is 25.2. The van der Waals surface area contributed by atoms with Gasteiger partial charge in [0.05, 0.1) is 18.8 Å². The van der Waals surface area contributed by atoms with E-state index in [1.807, 2.05) is 13.0 Å². The van der Waals surface area contributed by atoms with E-state index >= 15 is 0 Å². The fraction of sp³-hybridized carbons (Fsp3) is 0.783. The summed E-state index contributed by atoms with van der Waals surface area (Å²) in [5.41, 5.74) is -0.812. The van der Waals surface area contributed by atoms with Crippen molar-refractivity contribution in [3.05, 3.63) is 24.3 Å². The predicted molar refractivity (Wildman–Crippen MR) is 115 cm³/mol. The van der Waals surface area contributed by atoms with E-state index in [-0.39, 0.29) is 29.8 Å². The molecule has 28 heavy (non-hydrogen) atoms. The van der Waals surface area contributed by atoms with Crippen LogP contribution in [0.15, 0.2) is 24.3 Å². The van der Waals surface area contributed by atoms with Gasteiger partial charge in [0.1, 0.15) is 0 Å². The second kappa shape index (κ2) is 13.4. The molecule has 4 nitrogen and oxygen atoms in total. The Morgan fingerprint density at radius 3 is 2.68 bits per heavy atom.